The van der Waals surface area contributed by atoms with Crippen LogP contribution in [0.5, 0.6) is 0 Å². The van der Waals surface area contributed by atoms with Crippen LogP contribution in [0.4, 0.5) is 0 Å². The molecular weight excluding hydrogens is 302 g/mol. The Kier molecular flexibility index (Phi) is 5.84. The van der Waals surface area contributed by atoms with Crippen LogP contribution in [0.25, 0.3) is 0 Å². The van der Waals surface area contributed by atoms with E-state index < -0.39 is 6.10 Å². The number of hydrogen-bond donors (Lipinski definition) is 2. The van der Waals surface area contributed by atoms with Crippen LogP contribution in [0, 0.1) is 5.41 Å². The molecule has 1 atom stereocenters. The molecule has 2 rings (SSSR count). The quantitative estimate of drug-likeness (QED) is 0.875. The fraction of sp³-hybridized carbons (Fsp3) is 0.588. The maximum absolute atomic E-state index is 12.3. The molecule has 5 heteroatoms. The molecule has 0 spiro atoms. The SMILES string of the molecule is CCC1(CO)CCN(C(=O)CC(O)c2ccc(Cl)cc2)CC1. The summed E-state index contributed by atoms with van der Waals surface area (Å²) < 4.78 is 0. The highest BCUT2D eigenvalue weighted by Crippen LogP contribution is 2.34. The number of carbonyl (C=O) groups excluding carboxylic acids is 1. The fourth-order valence-electron chi connectivity index (χ4n) is 2.95. The number of aliphatic hydroxyl groups excluding tert-OH is 2. The molecule has 1 aromatic rings. The van der Waals surface area contributed by atoms with E-state index in [2.05, 4.69) is 6.92 Å². The minimum absolute atomic E-state index is 0.0361. The third-order valence-corrected chi connectivity index (χ3v) is 5.14. The van der Waals surface area contributed by atoms with Gasteiger partial charge in [0.2, 0.25) is 5.91 Å². The summed E-state index contributed by atoms with van der Waals surface area (Å²) in [6.45, 7) is 3.57. The van der Waals surface area contributed by atoms with Gasteiger partial charge in [0.05, 0.1) is 12.5 Å². The summed E-state index contributed by atoms with van der Waals surface area (Å²) in [5, 5.41) is 20.3. The lowest BCUT2D eigenvalue weighted by atomic mass is 9.77. The molecule has 0 aromatic heterocycles. The Morgan fingerprint density at radius 1 is 1.32 bits per heavy atom. The van der Waals surface area contributed by atoms with Gasteiger partial charge in [-0.1, -0.05) is 30.7 Å². The van der Waals surface area contributed by atoms with Crippen LogP contribution >= 0.6 is 11.6 Å². The average molecular weight is 326 g/mol. The van der Waals surface area contributed by atoms with E-state index in [-0.39, 0.29) is 24.3 Å². The van der Waals surface area contributed by atoms with E-state index in [1.165, 1.54) is 0 Å². The smallest absolute Gasteiger partial charge is 0.225 e. The second kappa shape index (κ2) is 7.44. The normalized spacial score (nSPS) is 19.0. The number of aliphatic hydroxyl groups is 2. The Morgan fingerprint density at radius 2 is 1.91 bits per heavy atom. The van der Waals surface area contributed by atoms with Crippen LogP contribution in [0.15, 0.2) is 24.3 Å². The summed E-state index contributed by atoms with van der Waals surface area (Å²) in [5.74, 6) is -0.0370. The van der Waals surface area contributed by atoms with E-state index in [1.54, 1.807) is 29.2 Å². The molecule has 0 radical (unpaired) electrons. The van der Waals surface area contributed by atoms with E-state index in [0.29, 0.717) is 23.7 Å². The van der Waals surface area contributed by atoms with Crippen LogP contribution < -0.4 is 0 Å². The first-order chi connectivity index (χ1) is 10.5. The highest BCUT2D eigenvalue weighted by molar-refractivity contribution is 6.30. The number of hydrogen-bond acceptors (Lipinski definition) is 3. The molecule has 1 unspecified atom stereocenters. The molecule has 1 aliphatic heterocycles. The van der Waals surface area contributed by atoms with E-state index >= 15 is 0 Å². The van der Waals surface area contributed by atoms with E-state index in [0.717, 1.165) is 19.3 Å². The number of halogens is 1. The maximum atomic E-state index is 12.3. The molecule has 122 valence electrons. The number of piperidine rings is 1. The largest absolute Gasteiger partial charge is 0.396 e. The number of nitrogens with zero attached hydrogens (tertiary/aromatic N) is 1. The van der Waals surface area contributed by atoms with Crippen molar-refractivity contribution < 1.29 is 15.0 Å². The summed E-state index contributed by atoms with van der Waals surface area (Å²) >= 11 is 5.82. The molecule has 1 aliphatic rings. The van der Waals surface area contributed by atoms with Crippen LogP contribution in [-0.4, -0.2) is 40.7 Å². The zero-order valence-electron chi connectivity index (χ0n) is 13.0. The zero-order chi connectivity index (χ0) is 16.2. The van der Waals surface area contributed by atoms with Gasteiger partial charge < -0.3 is 15.1 Å². The van der Waals surface area contributed by atoms with Gasteiger partial charge in [0.25, 0.3) is 0 Å². The average Bonchev–Trinajstić information content (AvgIpc) is 2.55. The molecule has 1 saturated heterocycles. The van der Waals surface area contributed by atoms with Gasteiger partial charge in [-0.25, -0.2) is 0 Å². The Hall–Kier alpha value is -1.10. The highest BCUT2D eigenvalue weighted by atomic mass is 35.5. The van der Waals surface area contributed by atoms with Gasteiger partial charge in [0.15, 0.2) is 0 Å². The van der Waals surface area contributed by atoms with Gasteiger partial charge in [-0.2, -0.15) is 0 Å². The lowest BCUT2D eigenvalue weighted by molar-refractivity contribution is -0.136. The molecule has 0 aliphatic carbocycles. The number of carbonyl (C=O) groups is 1. The van der Waals surface area contributed by atoms with Crippen LogP contribution in [0.3, 0.4) is 0 Å². The summed E-state index contributed by atoms with van der Waals surface area (Å²) in [5.41, 5.74) is 0.666. The molecule has 4 nitrogen and oxygen atoms in total. The van der Waals surface area contributed by atoms with Crippen LogP contribution in [0.2, 0.25) is 5.02 Å². The summed E-state index contributed by atoms with van der Waals surface area (Å²) in [6.07, 6.45) is 1.85. The third kappa shape index (κ3) is 4.00. The lowest BCUT2D eigenvalue weighted by Crippen LogP contribution is -2.44. The Labute approximate surface area is 136 Å². The molecule has 1 amide bonds. The molecular formula is C17H24ClNO3. The summed E-state index contributed by atoms with van der Waals surface area (Å²) in [7, 11) is 0. The fourth-order valence-corrected chi connectivity index (χ4v) is 3.08. The predicted octanol–water partition coefficient (Wildman–Crippen LogP) is 2.77. The van der Waals surface area contributed by atoms with Gasteiger partial charge in [-0.05, 0) is 42.4 Å². The molecule has 1 heterocycles. The monoisotopic (exact) mass is 325 g/mol. The van der Waals surface area contributed by atoms with Crippen molar-refractivity contribution >= 4 is 17.5 Å². The Bertz CT molecular complexity index is 489. The van der Waals surface area contributed by atoms with E-state index in [4.69, 9.17) is 11.6 Å². The first-order valence-electron chi connectivity index (χ1n) is 7.82. The van der Waals surface area contributed by atoms with Gasteiger partial charge in [-0.3, -0.25) is 4.79 Å². The molecule has 1 fully saturated rings. The molecule has 0 bridgehead atoms. The lowest BCUT2D eigenvalue weighted by Gasteiger charge is -2.40. The van der Waals surface area contributed by atoms with Crippen molar-refractivity contribution in [2.24, 2.45) is 5.41 Å². The third-order valence-electron chi connectivity index (χ3n) is 4.88. The predicted molar refractivity (Wildman–Crippen MR) is 86.7 cm³/mol. The summed E-state index contributed by atoms with van der Waals surface area (Å²) in [4.78, 5) is 14.1. The van der Waals surface area contributed by atoms with Gasteiger partial charge in [0, 0.05) is 24.7 Å². The number of likely N-dealkylation sites (tertiary alicyclic amines) is 1. The number of amides is 1. The van der Waals surface area contributed by atoms with Crippen LogP contribution in [0.1, 0.15) is 44.3 Å². The Morgan fingerprint density at radius 3 is 2.41 bits per heavy atom. The van der Waals surface area contributed by atoms with Crippen molar-refractivity contribution in [3.05, 3.63) is 34.9 Å². The molecule has 2 N–H and O–H groups in total. The van der Waals surface area contributed by atoms with Crippen molar-refractivity contribution in [1.82, 2.24) is 4.90 Å². The van der Waals surface area contributed by atoms with Crippen molar-refractivity contribution in [3.63, 3.8) is 0 Å². The second-order valence-electron chi connectivity index (χ2n) is 6.16. The van der Waals surface area contributed by atoms with Gasteiger partial charge >= 0.3 is 0 Å². The second-order valence-corrected chi connectivity index (χ2v) is 6.60. The van der Waals surface area contributed by atoms with Gasteiger partial charge in [-0.15, -0.1) is 0 Å². The molecule has 0 saturated carbocycles. The first-order valence-corrected chi connectivity index (χ1v) is 8.19. The summed E-state index contributed by atoms with van der Waals surface area (Å²) in [6, 6.07) is 6.90. The number of benzene rings is 1. The van der Waals surface area contributed by atoms with Crippen molar-refractivity contribution in [2.75, 3.05) is 19.7 Å². The minimum atomic E-state index is -0.805. The van der Waals surface area contributed by atoms with Crippen molar-refractivity contribution in [2.45, 2.75) is 38.7 Å². The van der Waals surface area contributed by atoms with E-state index in [1.807, 2.05) is 0 Å². The topological polar surface area (TPSA) is 60.8 Å². The van der Waals surface area contributed by atoms with Crippen LogP contribution in [-0.2, 0) is 4.79 Å². The van der Waals surface area contributed by atoms with Crippen molar-refractivity contribution in [1.29, 1.82) is 0 Å². The van der Waals surface area contributed by atoms with Crippen molar-refractivity contribution in [3.8, 4) is 0 Å². The highest BCUT2D eigenvalue weighted by Gasteiger charge is 2.34. The minimum Gasteiger partial charge on any atom is -0.396 e. The molecule has 1 aromatic carbocycles. The first kappa shape index (κ1) is 17.3. The maximum Gasteiger partial charge on any atom is 0.225 e. The number of rotatable bonds is 5. The zero-order valence-corrected chi connectivity index (χ0v) is 13.7. The Balaban J connectivity index is 1.89. The molecule has 22 heavy (non-hydrogen) atoms. The van der Waals surface area contributed by atoms with Gasteiger partial charge in [0.1, 0.15) is 0 Å². The van der Waals surface area contributed by atoms with E-state index in [9.17, 15) is 15.0 Å². The standard InChI is InChI=1S/C17H24ClNO3/c1-2-17(12-20)7-9-19(10-8-17)16(22)11-15(21)13-3-5-14(18)6-4-13/h3-6,15,20-21H,2,7-12H2,1H3.